The smallest absolute Gasteiger partial charge is 0.164 e. The van der Waals surface area contributed by atoms with Gasteiger partial charge in [-0.3, -0.25) is 0 Å². The van der Waals surface area contributed by atoms with Gasteiger partial charge in [-0.05, 0) is 172 Å². The predicted octanol–water partition coefficient (Wildman–Crippen LogP) is 23.8. The van der Waals surface area contributed by atoms with Crippen LogP contribution in [0.25, 0.3) is 199 Å². The zero-order valence-electron chi connectivity index (χ0n) is 52.7. The SMILES string of the molecule is c1ccc(-c2ccc3cc(-c4nc(-c5ccc6ccccc6c5)nc(-c5ccc6oc7cc8ccccc8cc7c6c5)n4)ccc3c2)cc1.c1ccc(-c2ccc3cc(-c4nc(-c5ccc6ccccc6c5)nc(-c5cccc6oc7cc8ccccc8cc7c56)n4)ccc3c2)cc1. The molecular formula is C90H54N6O2. The third kappa shape index (κ3) is 10.3. The Morgan fingerprint density at radius 1 is 0.163 bits per heavy atom. The summed E-state index contributed by atoms with van der Waals surface area (Å²) in [4.78, 5) is 30.7. The summed E-state index contributed by atoms with van der Waals surface area (Å²) in [6.07, 6.45) is 0. The van der Waals surface area contributed by atoms with E-state index in [1.54, 1.807) is 0 Å². The minimum absolute atomic E-state index is 0.606. The second kappa shape index (κ2) is 23.3. The highest BCUT2D eigenvalue weighted by Gasteiger charge is 2.21. The summed E-state index contributed by atoms with van der Waals surface area (Å²) in [6, 6.07) is 114. The van der Waals surface area contributed by atoms with Gasteiger partial charge in [-0.2, -0.15) is 0 Å². The van der Waals surface area contributed by atoms with E-state index in [0.29, 0.717) is 34.9 Å². The van der Waals surface area contributed by atoms with Crippen LogP contribution in [0.4, 0.5) is 0 Å². The zero-order chi connectivity index (χ0) is 64.6. The van der Waals surface area contributed by atoms with Crippen LogP contribution in [0.3, 0.4) is 0 Å². The maximum atomic E-state index is 6.42. The van der Waals surface area contributed by atoms with Gasteiger partial charge in [-0.25, -0.2) is 29.9 Å². The first kappa shape index (κ1) is 56.3. The number of hydrogen-bond acceptors (Lipinski definition) is 8. The average molecular weight is 1250 g/mol. The van der Waals surface area contributed by atoms with Gasteiger partial charge in [0.1, 0.15) is 22.3 Å². The summed E-state index contributed by atoms with van der Waals surface area (Å²) in [5.74, 6) is 3.73. The van der Waals surface area contributed by atoms with Gasteiger partial charge in [0.15, 0.2) is 34.9 Å². The van der Waals surface area contributed by atoms with Crippen molar-refractivity contribution >= 4 is 109 Å². The number of rotatable bonds is 8. The van der Waals surface area contributed by atoms with Crippen molar-refractivity contribution in [2.45, 2.75) is 0 Å². The third-order valence-corrected chi connectivity index (χ3v) is 18.9. The van der Waals surface area contributed by atoms with Crippen molar-refractivity contribution < 1.29 is 8.83 Å². The lowest BCUT2D eigenvalue weighted by atomic mass is 9.99. The predicted molar refractivity (Wildman–Crippen MR) is 403 cm³/mol. The van der Waals surface area contributed by atoms with Crippen LogP contribution in [0.15, 0.2) is 336 Å². The molecular weight excluding hydrogens is 1200 g/mol. The van der Waals surface area contributed by atoms with Crippen LogP contribution in [0.1, 0.15) is 0 Å². The number of aromatic nitrogens is 6. The first-order valence-corrected chi connectivity index (χ1v) is 32.9. The Balaban J connectivity index is 0.000000137. The topological polar surface area (TPSA) is 104 Å². The van der Waals surface area contributed by atoms with E-state index in [2.05, 4.69) is 291 Å². The molecule has 456 valence electrons. The van der Waals surface area contributed by atoms with Gasteiger partial charge in [0.2, 0.25) is 0 Å². The number of benzene rings is 16. The Bertz CT molecular complexity index is 6580. The van der Waals surface area contributed by atoms with Crippen LogP contribution >= 0.6 is 0 Å². The van der Waals surface area contributed by atoms with Crippen LogP contribution in [0.2, 0.25) is 0 Å². The van der Waals surface area contributed by atoms with E-state index < -0.39 is 0 Å². The first-order valence-electron chi connectivity index (χ1n) is 32.9. The van der Waals surface area contributed by atoms with E-state index in [4.69, 9.17) is 38.7 Å². The van der Waals surface area contributed by atoms with Crippen LogP contribution in [-0.2, 0) is 0 Å². The maximum absolute atomic E-state index is 6.42. The van der Waals surface area contributed by atoms with E-state index in [-0.39, 0.29) is 0 Å². The molecule has 0 aliphatic heterocycles. The van der Waals surface area contributed by atoms with E-state index >= 15 is 0 Å². The van der Waals surface area contributed by atoms with Crippen molar-refractivity contribution in [3.05, 3.63) is 328 Å². The molecule has 8 heteroatoms. The van der Waals surface area contributed by atoms with Gasteiger partial charge in [0.25, 0.3) is 0 Å². The molecule has 0 N–H and O–H groups in total. The number of hydrogen-bond donors (Lipinski definition) is 0. The molecule has 20 rings (SSSR count). The Kier molecular flexibility index (Phi) is 13.4. The van der Waals surface area contributed by atoms with Gasteiger partial charge in [-0.1, -0.05) is 243 Å². The van der Waals surface area contributed by atoms with Crippen molar-refractivity contribution in [2.75, 3.05) is 0 Å². The lowest BCUT2D eigenvalue weighted by Gasteiger charge is -2.11. The van der Waals surface area contributed by atoms with Crippen LogP contribution in [-0.4, -0.2) is 29.9 Å². The molecule has 0 radical (unpaired) electrons. The molecule has 0 saturated heterocycles. The fourth-order valence-electron chi connectivity index (χ4n) is 13.9. The Hall–Kier alpha value is -13.3. The van der Waals surface area contributed by atoms with E-state index in [0.717, 1.165) is 120 Å². The highest BCUT2D eigenvalue weighted by atomic mass is 16.3. The maximum Gasteiger partial charge on any atom is 0.164 e. The molecule has 0 aliphatic rings. The Labute approximate surface area is 562 Å². The minimum Gasteiger partial charge on any atom is -0.456 e. The van der Waals surface area contributed by atoms with Gasteiger partial charge in [0.05, 0.1) is 0 Å². The summed E-state index contributed by atoms with van der Waals surface area (Å²) < 4.78 is 12.7. The highest BCUT2D eigenvalue weighted by Crippen LogP contribution is 2.41. The summed E-state index contributed by atoms with van der Waals surface area (Å²) in [6.45, 7) is 0. The van der Waals surface area contributed by atoms with Gasteiger partial charge in [-0.15, -0.1) is 0 Å². The monoisotopic (exact) mass is 1250 g/mol. The summed E-state index contributed by atoms with van der Waals surface area (Å²) in [5.41, 5.74) is 13.7. The fourth-order valence-corrected chi connectivity index (χ4v) is 13.9. The number of fused-ring (bicyclic) bond motifs is 12. The molecule has 0 saturated carbocycles. The molecule has 4 aromatic heterocycles. The van der Waals surface area contributed by atoms with Crippen LogP contribution in [0.5, 0.6) is 0 Å². The quantitative estimate of drug-likeness (QED) is 0.148. The van der Waals surface area contributed by atoms with Crippen molar-refractivity contribution in [1.82, 2.24) is 29.9 Å². The highest BCUT2D eigenvalue weighted by molar-refractivity contribution is 6.15. The molecule has 0 bridgehead atoms. The molecule has 4 heterocycles. The average Bonchev–Trinajstić information content (AvgIpc) is 1.57. The summed E-state index contributed by atoms with van der Waals surface area (Å²) in [7, 11) is 0. The molecule has 0 spiro atoms. The van der Waals surface area contributed by atoms with Gasteiger partial charge < -0.3 is 8.83 Å². The van der Waals surface area contributed by atoms with Crippen LogP contribution < -0.4 is 0 Å². The largest absolute Gasteiger partial charge is 0.456 e. The van der Waals surface area contributed by atoms with Crippen molar-refractivity contribution in [2.24, 2.45) is 0 Å². The molecule has 0 atom stereocenters. The molecule has 0 unspecified atom stereocenters. The zero-order valence-corrected chi connectivity index (χ0v) is 52.7. The van der Waals surface area contributed by atoms with Gasteiger partial charge >= 0.3 is 0 Å². The van der Waals surface area contributed by atoms with Crippen molar-refractivity contribution in [3.8, 4) is 90.6 Å². The van der Waals surface area contributed by atoms with Crippen molar-refractivity contribution in [1.29, 1.82) is 0 Å². The number of nitrogens with zero attached hydrogens (tertiary/aromatic N) is 6. The van der Waals surface area contributed by atoms with Crippen molar-refractivity contribution in [3.63, 3.8) is 0 Å². The second-order valence-electron chi connectivity index (χ2n) is 25.0. The first-order chi connectivity index (χ1) is 48.4. The van der Waals surface area contributed by atoms with Crippen LogP contribution in [0, 0.1) is 0 Å². The number of furan rings is 2. The minimum atomic E-state index is 0.606. The molecule has 0 aliphatic carbocycles. The molecule has 16 aromatic carbocycles. The second-order valence-corrected chi connectivity index (χ2v) is 25.0. The lowest BCUT2D eigenvalue weighted by molar-refractivity contribution is 0.669. The Morgan fingerprint density at radius 3 is 0.929 bits per heavy atom. The molecule has 98 heavy (non-hydrogen) atoms. The third-order valence-electron chi connectivity index (χ3n) is 18.9. The van der Waals surface area contributed by atoms with E-state index in [1.165, 1.54) is 43.8 Å². The Morgan fingerprint density at radius 2 is 0.469 bits per heavy atom. The van der Waals surface area contributed by atoms with E-state index in [1.807, 2.05) is 36.4 Å². The van der Waals surface area contributed by atoms with E-state index in [9.17, 15) is 0 Å². The summed E-state index contributed by atoms with van der Waals surface area (Å²) in [5, 5.41) is 18.0. The summed E-state index contributed by atoms with van der Waals surface area (Å²) >= 11 is 0. The normalized spacial score (nSPS) is 11.7. The molecule has 20 aromatic rings. The lowest BCUT2D eigenvalue weighted by Crippen LogP contribution is -2.00. The fraction of sp³-hybridized carbons (Fsp3) is 0. The standard InChI is InChI=1S/2C45H27N3O/c1-2-9-28(10-3-1)33-18-19-35-25-37(22-20-34(35)23-33)44-46-43(36-21-17-29-11-4-5-12-30(29)24-36)47-45(48-44)38-15-8-16-40-42(38)39-26-31-13-6-7-14-32(31)27-41(39)49-40;1-2-8-28(9-3-1)33-15-16-35-24-37(19-17-34(35)22-33)44-46-43(36-18-14-29-10-4-5-11-30(29)23-36)47-45(48-44)38-20-21-41-39(26-38)40-25-31-12-6-7-13-32(31)27-42(40)49-41/h2*1-27H. The van der Waals surface area contributed by atoms with Gasteiger partial charge in [0, 0.05) is 54.9 Å². The molecule has 8 nitrogen and oxygen atoms in total. The molecule has 0 fully saturated rings. The molecule has 0 amide bonds.